The van der Waals surface area contributed by atoms with Gasteiger partial charge in [0.2, 0.25) is 0 Å². The van der Waals surface area contributed by atoms with E-state index in [0.29, 0.717) is 6.42 Å². The van der Waals surface area contributed by atoms with Crippen molar-refractivity contribution < 1.29 is 9.59 Å². The summed E-state index contributed by atoms with van der Waals surface area (Å²) in [6.07, 6.45) is 1.45. The van der Waals surface area contributed by atoms with E-state index in [4.69, 9.17) is 0 Å². The van der Waals surface area contributed by atoms with Crippen molar-refractivity contribution in [1.29, 1.82) is 0 Å². The Kier molecular flexibility index (Phi) is 3.44. The Morgan fingerprint density at radius 3 is 2.44 bits per heavy atom. The van der Waals surface area contributed by atoms with Gasteiger partial charge in [-0.05, 0) is 25.3 Å². The molecule has 1 aromatic carbocycles. The molecule has 2 unspecified atom stereocenters. The van der Waals surface area contributed by atoms with Gasteiger partial charge in [-0.2, -0.15) is 0 Å². The van der Waals surface area contributed by atoms with Gasteiger partial charge >= 0.3 is 0 Å². The second kappa shape index (κ2) is 4.83. The number of Topliss-reactive ketones (excluding diaryl/α,β-unsaturated/α-hetero) is 1. The van der Waals surface area contributed by atoms with E-state index >= 15 is 0 Å². The fraction of sp³-hybridized carbons (Fsp3) is 0.385. The topological polar surface area (TPSA) is 34.1 Å². The Morgan fingerprint density at radius 2 is 1.88 bits per heavy atom. The number of rotatable bonds is 3. The van der Waals surface area contributed by atoms with E-state index in [1.54, 1.807) is 0 Å². The highest BCUT2D eigenvalue weighted by molar-refractivity contribution is 8.15. The van der Waals surface area contributed by atoms with Crippen LogP contribution in [0.15, 0.2) is 30.3 Å². The summed E-state index contributed by atoms with van der Waals surface area (Å²) in [7, 11) is 0. The molecule has 1 heterocycles. The number of ketones is 1. The second-order valence-electron chi connectivity index (χ2n) is 4.06. The molecule has 1 aliphatic heterocycles. The van der Waals surface area contributed by atoms with E-state index in [1.165, 1.54) is 17.3 Å². The van der Waals surface area contributed by atoms with Gasteiger partial charge in [0.15, 0.2) is 10.9 Å². The third-order valence-corrected chi connectivity index (χ3v) is 3.99. The minimum atomic E-state index is -0.375. The van der Waals surface area contributed by atoms with Crippen molar-refractivity contribution in [3.63, 3.8) is 0 Å². The molecule has 2 rings (SSSR count). The minimum absolute atomic E-state index is 0.0495. The number of thioether (sulfide) groups is 1. The number of hydrogen-bond acceptors (Lipinski definition) is 3. The molecule has 1 aromatic rings. The van der Waals surface area contributed by atoms with Crippen molar-refractivity contribution in [3.05, 3.63) is 35.9 Å². The van der Waals surface area contributed by atoms with Crippen LogP contribution in [0, 0.1) is 5.92 Å². The first-order valence-corrected chi connectivity index (χ1v) is 6.34. The zero-order valence-electron chi connectivity index (χ0n) is 9.18. The third-order valence-electron chi connectivity index (χ3n) is 2.89. The summed E-state index contributed by atoms with van der Waals surface area (Å²) in [5, 5.41) is -0.0956. The molecule has 1 fully saturated rings. The molecule has 0 aliphatic carbocycles. The lowest BCUT2D eigenvalue weighted by atomic mass is 9.96. The largest absolute Gasteiger partial charge is 0.298 e. The molecule has 84 valence electrons. The van der Waals surface area contributed by atoms with Crippen molar-refractivity contribution in [3.8, 4) is 0 Å². The van der Waals surface area contributed by atoms with Crippen LogP contribution in [-0.4, -0.2) is 16.1 Å². The van der Waals surface area contributed by atoms with E-state index in [0.717, 1.165) is 6.42 Å². The summed E-state index contributed by atoms with van der Waals surface area (Å²) >= 11 is 1.18. The molecular formula is C13H14O2S. The first kappa shape index (κ1) is 11.4. The van der Waals surface area contributed by atoms with Gasteiger partial charge in [-0.1, -0.05) is 42.1 Å². The molecule has 3 heteroatoms. The fourth-order valence-electron chi connectivity index (χ4n) is 1.93. The molecule has 2 atom stereocenters. The number of hydrogen-bond donors (Lipinski definition) is 0. The summed E-state index contributed by atoms with van der Waals surface area (Å²) in [6.45, 7) is 1.81. The van der Waals surface area contributed by atoms with Gasteiger partial charge in [0.05, 0.1) is 11.2 Å². The summed E-state index contributed by atoms with van der Waals surface area (Å²) in [5.41, 5.74) is 1.19. The minimum Gasteiger partial charge on any atom is -0.298 e. The molecule has 0 radical (unpaired) electrons. The first-order chi connectivity index (χ1) is 7.68. The molecule has 0 amide bonds. The SMILES string of the molecule is CC1SC(=O)C(CCc2ccccc2)C1=O. The predicted octanol–water partition coefficient (Wildman–Crippen LogP) is 2.47. The highest BCUT2D eigenvalue weighted by Gasteiger charge is 2.38. The van der Waals surface area contributed by atoms with E-state index in [9.17, 15) is 9.59 Å². The van der Waals surface area contributed by atoms with Crippen molar-refractivity contribution in [2.75, 3.05) is 0 Å². The second-order valence-corrected chi connectivity index (χ2v) is 5.40. The van der Waals surface area contributed by atoms with Crippen LogP contribution in [0.1, 0.15) is 18.9 Å². The van der Waals surface area contributed by atoms with Gasteiger partial charge in [0.25, 0.3) is 0 Å². The zero-order valence-corrected chi connectivity index (χ0v) is 10.00. The Balaban J connectivity index is 1.96. The van der Waals surface area contributed by atoms with Gasteiger partial charge in [0, 0.05) is 0 Å². The fourth-order valence-corrected chi connectivity index (χ4v) is 2.96. The third kappa shape index (κ3) is 2.35. The molecule has 2 nitrogen and oxygen atoms in total. The molecule has 0 saturated carbocycles. The molecule has 16 heavy (non-hydrogen) atoms. The van der Waals surface area contributed by atoms with Crippen molar-refractivity contribution in [2.24, 2.45) is 5.92 Å². The summed E-state index contributed by atoms with van der Waals surface area (Å²) < 4.78 is 0. The van der Waals surface area contributed by atoms with Crippen molar-refractivity contribution in [1.82, 2.24) is 0 Å². The molecule has 0 aromatic heterocycles. The lowest BCUT2D eigenvalue weighted by molar-refractivity contribution is -0.126. The maximum absolute atomic E-state index is 11.7. The van der Waals surface area contributed by atoms with E-state index in [-0.39, 0.29) is 22.1 Å². The van der Waals surface area contributed by atoms with E-state index in [1.807, 2.05) is 37.3 Å². The lowest BCUT2D eigenvalue weighted by Gasteiger charge is -2.06. The summed E-state index contributed by atoms with van der Waals surface area (Å²) in [5.74, 6) is -0.272. The van der Waals surface area contributed by atoms with Gasteiger partial charge in [-0.3, -0.25) is 9.59 Å². The van der Waals surface area contributed by atoms with E-state index in [2.05, 4.69) is 0 Å². The Labute approximate surface area is 99.4 Å². The van der Waals surface area contributed by atoms with Gasteiger partial charge in [-0.25, -0.2) is 0 Å². The van der Waals surface area contributed by atoms with Crippen LogP contribution < -0.4 is 0 Å². The van der Waals surface area contributed by atoms with Crippen LogP contribution in [0.4, 0.5) is 0 Å². The van der Waals surface area contributed by atoms with Gasteiger partial charge in [0.1, 0.15) is 0 Å². The quantitative estimate of drug-likeness (QED) is 0.753. The number of carbonyl (C=O) groups excluding carboxylic acids is 2. The Morgan fingerprint density at radius 1 is 1.19 bits per heavy atom. The Hall–Kier alpha value is -1.09. The Bertz CT molecular complexity index is 400. The van der Waals surface area contributed by atoms with Crippen molar-refractivity contribution >= 4 is 22.7 Å². The maximum atomic E-state index is 11.7. The average molecular weight is 234 g/mol. The maximum Gasteiger partial charge on any atom is 0.200 e. The molecule has 0 N–H and O–H groups in total. The first-order valence-electron chi connectivity index (χ1n) is 5.46. The highest BCUT2D eigenvalue weighted by atomic mass is 32.2. The molecular weight excluding hydrogens is 220 g/mol. The monoisotopic (exact) mass is 234 g/mol. The molecule has 1 aliphatic rings. The van der Waals surface area contributed by atoms with Gasteiger partial charge < -0.3 is 0 Å². The molecule has 0 bridgehead atoms. The smallest absolute Gasteiger partial charge is 0.200 e. The van der Waals surface area contributed by atoms with E-state index < -0.39 is 0 Å². The summed E-state index contributed by atoms with van der Waals surface area (Å²) in [6, 6.07) is 9.98. The summed E-state index contributed by atoms with van der Waals surface area (Å²) in [4.78, 5) is 23.3. The van der Waals surface area contributed by atoms with Gasteiger partial charge in [-0.15, -0.1) is 0 Å². The highest BCUT2D eigenvalue weighted by Crippen LogP contribution is 2.32. The molecule has 1 saturated heterocycles. The van der Waals surface area contributed by atoms with Crippen LogP contribution in [-0.2, 0) is 16.0 Å². The average Bonchev–Trinajstić information content (AvgIpc) is 2.53. The van der Waals surface area contributed by atoms with Crippen LogP contribution in [0.25, 0.3) is 0 Å². The van der Waals surface area contributed by atoms with Crippen LogP contribution in [0.3, 0.4) is 0 Å². The molecule has 0 spiro atoms. The number of carbonyl (C=O) groups is 2. The lowest BCUT2D eigenvalue weighted by Crippen LogP contribution is -2.18. The van der Waals surface area contributed by atoms with Crippen LogP contribution in [0.2, 0.25) is 0 Å². The van der Waals surface area contributed by atoms with Crippen LogP contribution >= 0.6 is 11.8 Å². The predicted molar refractivity (Wildman–Crippen MR) is 65.3 cm³/mol. The zero-order chi connectivity index (χ0) is 11.5. The van der Waals surface area contributed by atoms with Crippen LogP contribution in [0.5, 0.6) is 0 Å². The van der Waals surface area contributed by atoms with Crippen molar-refractivity contribution in [2.45, 2.75) is 25.0 Å². The normalized spacial score (nSPS) is 25.1. The standard InChI is InChI=1S/C13H14O2S/c1-9-12(14)11(13(15)16-9)8-7-10-5-3-2-4-6-10/h2-6,9,11H,7-8H2,1H3. The number of aryl methyl sites for hydroxylation is 1. The number of benzene rings is 1.